The molecule has 0 saturated carbocycles. The third-order valence-electron chi connectivity index (χ3n) is 4.03. The van der Waals surface area contributed by atoms with E-state index in [1.807, 2.05) is 0 Å². The average molecular weight is 346 g/mol. The zero-order valence-corrected chi connectivity index (χ0v) is 14.1. The van der Waals surface area contributed by atoms with Gasteiger partial charge in [0.05, 0.1) is 18.5 Å². The van der Waals surface area contributed by atoms with Gasteiger partial charge < -0.3 is 24.7 Å². The number of hydrogen-bond acceptors (Lipinski definition) is 6. The fourth-order valence-corrected chi connectivity index (χ4v) is 2.66. The van der Waals surface area contributed by atoms with E-state index < -0.39 is 0 Å². The summed E-state index contributed by atoms with van der Waals surface area (Å²) in [5.74, 6) is 1.85. The minimum atomic E-state index is -0.248. The van der Waals surface area contributed by atoms with Gasteiger partial charge >= 0.3 is 6.03 Å². The van der Waals surface area contributed by atoms with Crippen molar-refractivity contribution < 1.29 is 14.3 Å². The summed E-state index contributed by atoms with van der Waals surface area (Å²) in [6.45, 7) is 2.43. The lowest BCUT2D eigenvalue weighted by Gasteiger charge is -2.22. The van der Waals surface area contributed by atoms with Gasteiger partial charge in [0, 0.05) is 32.7 Å². The first-order valence-electron chi connectivity index (χ1n) is 8.24. The van der Waals surface area contributed by atoms with Crippen molar-refractivity contribution in [3.8, 4) is 5.88 Å². The standard InChI is InChI=1S/C16H22N6O3/c1-24-6-7-25-15-3-2-13(10-17-15)20-16(23)18-9-12-4-5-22-11-19-21-14(22)8-12/h2-3,10-12H,4-9H2,1H3,(H2,18,20,23). The Kier molecular flexibility index (Phi) is 5.78. The predicted octanol–water partition coefficient (Wildman–Crippen LogP) is 1.08. The van der Waals surface area contributed by atoms with Crippen molar-refractivity contribution >= 4 is 11.7 Å². The fraction of sp³-hybridized carbons (Fsp3) is 0.500. The van der Waals surface area contributed by atoms with Crippen molar-refractivity contribution in [2.75, 3.05) is 32.2 Å². The molecule has 2 amide bonds. The summed E-state index contributed by atoms with van der Waals surface area (Å²) in [4.78, 5) is 16.1. The van der Waals surface area contributed by atoms with E-state index in [0.29, 0.717) is 37.2 Å². The Morgan fingerprint density at radius 3 is 3.12 bits per heavy atom. The van der Waals surface area contributed by atoms with Crippen molar-refractivity contribution in [1.82, 2.24) is 25.1 Å². The molecule has 0 saturated heterocycles. The van der Waals surface area contributed by atoms with Gasteiger partial charge in [-0.25, -0.2) is 9.78 Å². The van der Waals surface area contributed by atoms with Gasteiger partial charge in [0.1, 0.15) is 18.8 Å². The molecule has 25 heavy (non-hydrogen) atoms. The van der Waals surface area contributed by atoms with Crippen molar-refractivity contribution in [3.63, 3.8) is 0 Å². The molecule has 2 N–H and O–H groups in total. The molecule has 9 heteroatoms. The minimum absolute atomic E-state index is 0.248. The highest BCUT2D eigenvalue weighted by Gasteiger charge is 2.20. The maximum absolute atomic E-state index is 12.0. The Morgan fingerprint density at radius 2 is 2.32 bits per heavy atom. The number of carbonyl (C=O) groups is 1. The molecular formula is C16H22N6O3. The number of pyridine rings is 1. The zero-order chi connectivity index (χ0) is 17.5. The molecule has 0 radical (unpaired) electrons. The fourth-order valence-electron chi connectivity index (χ4n) is 2.66. The Hall–Kier alpha value is -2.68. The first-order chi connectivity index (χ1) is 12.2. The molecule has 3 rings (SSSR count). The highest BCUT2D eigenvalue weighted by Crippen LogP contribution is 2.17. The first-order valence-corrected chi connectivity index (χ1v) is 8.24. The van der Waals surface area contributed by atoms with Gasteiger partial charge in [0.2, 0.25) is 5.88 Å². The predicted molar refractivity (Wildman–Crippen MR) is 90.5 cm³/mol. The van der Waals surface area contributed by atoms with Gasteiger partial charge in [-0.3, -0.25) is 0 Å². The van der Waals surface area contributed by atoms with Crippen molar-refractivity contribution in [2.24, 2.45) is 5.92 Å². The third kappa shape index (κ3) is 4.90. The molecule has 0 fully saturated rings. The number of aryl methyl sites for hydroxylation is 1. The number of nitrogens with zero attached hydrogens (tertiary/aromatic N) is 4. The summed E-state index contributed by atoms with van der Waals surface area (Å²) in [6, 6.07) is 3.21. The van der Waals surface area contributed by atoms with Crippen LogP contribution in [-0.4, -0.2) is 52.6 Å². The highest BCUT2D eigenvalue weighted by molar-refractivity contribution is 5.88. The minimum Gasteiger partial charge on any atom is -0.475 e. The van der Waals surface area contributed by atoms with Crippen LogP contribution in [0.3, 0.4) is 0 Å². The van der Waals surface area contributed by atoms with Crippen LogP contribution in [0, 0.1) is 5.92 Å². The quantitative estimate of drug-likeness (QED) is 0.727. The maximum atomic E-state index is 12.0. The number of rotatable bonds is 7. The number of ether oxygens (including phenoxy) is 2. The Labute approximate surface area is 145 Å². The highest BCUT2D eigenvalue weighted by atomic mass is 16.5. The summed E-state index contributed by atoms with van der Waals surface area (Å²) < 4.78 is 12.3. The van der Waals surface area contributed by atoms with Crippen LogP contribution in [-0.2, 0) is 17.7 Å². The normalized spacial score (nSPS) is 16.1. The molecule has 1 aliphatic heterocycles. The van der Waals surface area contributed by atoms with Crippen molar-refractivity contribution in [1.29, 1.82) is 0 Å². The van der Waals surface area contributed by atoms with Gasteiger partial charge in [-0.1, -0.05) is 0 Å². The summed E-state index contributed by atoms with van der Waals surface area (Å²) in [5.41, 5.74) is 0.611. The zero-order valence-electron chi connectivity index (χ0n) is 14.1. The van der Waals surface area contributed by atoms with Gasteiger partial charge in [-0.15, -0.1) is 10.2 Å². The summed E-state index contributed by atoms with van der Waals surface area (Å²) >= 11 is 0. The molecule has 1 atom stereocenters. The topological polar surface area (TPSA) is 103 Å². The van der Waals surface area contributed by atoms with Crippen molar-refractivity contribution in [2.45, 2.75) is 19.4 Å². The van der Waals surface area contributed by atoms with Crippen LogP contribution in [0.4, 0.5) is 10.5 Å². The van der Waals surface area contributed by atoms with Crippen LogP contribution in [0.25, 0.3) is 0 Å². The number of anilines is 1. The van der Waals surface area contributed by atoms with Gasteiger partial charge in [-0.05, 0) is 18.4 Å². The van der Waals surface area contributed by atoms with E-state index in [2.05, 4.69) is 30.4 Å². The molecule has 1 unspecified atom stereocenters. The number of nitrogens with one attached hydrogen (secondary N) is 2. The van der Waals surface area contributed by atoms with E-state index in [0.717, 1.165) is 25.2 Å². The molecule has 3 heterocycles. The summed E-state index contributed by atoms with van der Waals surface area (Å²) in [5, 5.41) is 13.7. The number of methoxy groups -OCH3 is 1. The molecule has 9 nitrogen and oxygen atoms in total. The lowest BCUT2D eigenvalue weighted by Crippen LogP contribution is -2.35. The Balaban J connectivity index is 1.40. The molecule has 0 aromatic carbocycles. The van der Waals surface area contributed by atoms with E-state index in [-0.39, 0.29) is 6.03 Å². The Morgan fingerprint density at radius 1 is 1.40 bits per heavy atom. The van der Waals surface area contributed by atoms with Gasteiger partial charge in [0.25, 0.3) is 0 Å². The second-order valence-electron chi connectivity index (χ2n) is 5.86. The van der Waals surface area contributed by atoms with Gasteiger partial charge in [0.15, 0.2) is 0 Å². The van der Waals surface area contributed by atoms with E-state index in [9.17, 15) is 4.79 Å². The van der Waals surface area contributed by atoms with Crippen LogP contribution < -0.4 is 15.4 Å². The smallest absolute Gasteiger partial charge is 0.319 e. The van der Waals surface area contributed by atoms with E-state index >= 15 is 0 Å². The number of hydrogen-bond donors (Lipinski definition) is 2. The molecule has 134 valence electrons. The molecule has 2 aromatic rings. The number of urea groups is 1. The number of carbonyl (C=O) groups excluding carboxylic acids is 1. The van der Waals surface area contributed by atoms with Gasteiger partial charge in [-0.2, -0.15) is 0 Å². The number of aromatic nitrogens is 4. The van der Waals surface area contributed by atoms with E-state index in [4.69, 9.17) is 9.47 Å². The lowest BCUT2D eigenvalue weighted by molar-refractivity contribution is 0.144. The van der Waals surface area contributed by atoms with Crippen LogP contribution in [0.15, 0.2) is 24.7 Å². The average Bonchev–Trinajstić information content (AvgIpc) is 3.09. The molecule has 2 aromatic heterocycles. The third-order valence-corrected chi connectivity index (χ3v) is 4.03. The monoisotopic (exact) mass is 346 g/mol. The van der Waals surface area contributed by atoms with Crippen LogP contribution in [0.5, 0.6) is 5.88 Å². The largest absolute Gasteiger partial charge is 0.475 e. The first kappa shape index (κ1) is 17.2. The number of amides is 2. The molecule has 0 aliphatic carbocycles. The summed E-state index contributed by atoms with van der Waals surface area (Å²) in [7, 11) is 1.61. The second-order valence-corrected chi connectivity index (χ2v) is 5.86. The van der Waals surface area contributed by atoms with Crippen molar-refractivity contribution in [3.05, 3.63) is 30.5 Å². The van der Waals surface area contributed by atoms with E-state index in [1.165, 1.54) is 0 Å². The SMILES string of the molecule is COCCOc1ccc(NC(=O)NCC2CCn3cnnc3C2)cn1. The van der Waals surface area contributed by atoms with E-state index in [1.54, 1.807) is 31.8 Å². The summed E-state index contributed by atoms with van der Waals surface area (Å²) in [6.07, 6.45) is 5.14. The molecule has 0 bridgehead atoms. The molecular weight excluding hydrogens is 324 g/mol. The molecule has 0 spiro atoms. The van der Waals surface area contributed by atoms with Crippen LogP contribution in [0.1, 0.15) is 12.2 Å². The second kappa shape index (κ2) is 8.43. The maximum Gasteiger partial charge on any atom is 0.319 e. The lowest BCUT2D eigenvalue weighted by atomic mass is 9.98. The van der Waals surface area contributed by atoms with Crippen LogP contribution >= 0.6 is 0 Å². The molecule has 1 aliphatic rings. The number of fused-ring (bicyclic) bond motifs is 1. The Bertz CT molecular complexity index is 687. The van der Waals surface area contributed by atoms with Crippen LogP contribution in [0.2, 0.25) is 0 Å².